The van der Waals surface area contributed by atoms with Gasteiger partial charge in [-0.25, -0.2) is 13.8 Å². The van der Waals surface area contributed by atoms with Gasteiger partial charge in [0.15, 0.2) is 11.5 Å². The highest BCUT2D eigenvalue weighted by atomic mass is 35.5. The molecular formula is C28H25Cl2F5N4O4. The quantitative estimate of drug-likeness (QED) is 0.111. The number of Topliss-reactive ketones (excluding diaryl/α,β-unsaturated/α-hetero) is 1. The molecule has 43 heavy (non-hydrogen) atoms. The van der Waals surface area contributed by atoms with Gasteiger partial charge < -0.3 is 9.64 Å². The molecule has 0 radical (unpaired) electrons. The number of nitrogens with zero attached hydrogens (tertiary/aromatic N) is 4. The highest BCUT2D eigenvalue weighted by molar-refractivity contribution is 6.39. The summed E-state index contributed by atoms with van der Waals surface area (Å²) < 4.78 is 77.0. The van der Waals surface area contributed by atoms with Crippen LogP contribution in [-0.4, -0.2) is 50.5 Å². The molecule has 0 atom stereocenters. The molecule has 2 aromatic heterocycles. The van der Waals surface area contributed by atoms with E-state index in [-0.39, 0.29) is 53.6 Å². The summed E-state index contributed by atoms with van der Waals surface area (Å²) in [7, 11) is 0. The van der Waals surface area contributed by atoms with E-state index in [0.29, 0.717) is 15.6 Å². The fraction of sp³-hybridized carbons (Fsp3) is 0.393. The van der Waals surface area contributed by atoms with Crippen molar-refractivity contribution >= 4 is 40.9 Å². The number of hydrogen-bond acceptors (Lipinski definition) is 6. The molecule has 0 saturated heterocycles. The van der Waals surface area contributed by atoms with Gasteiger partial charge in [-0.2, -0.15) is 18.3 Å². The first-order valence-corrected chi connectivity index (χ1v) is 13.9. The lowest BCUT2D eigenvalue weighted by molar-refractivity contribution is -0.151. The van der Waals surface area contributed by atoms with Crippen LogP contribution in [0.5, 0.6) is 0 Å². The number of pyridine rings is 1. The van der Waals surface area contributed by atoms with Crippen molar-refractivity contribution in [3.63, 3.8) is 0 Å². The molecule has 8 nitrogen and oxygen atoms in total. The van der Waals surface area contributed by atoms with Crippen molar-refractivity contribution < 1.29 is 41.1 Å². The smallest absolute Gasteiger partial charge is 0.433 e. The summed E-state index contributed by atoms with van der Waals surface area (Å²) >= 11 is 12.1. The second-order valence-electron chi connectivity index (χ2n) is 9.93. The number of carbonyl (C=O) groups is 3. The largest absolute Gasteiger partial charge is 0.466 e. The van der Waals surface area contributed by atoms with Gasteiger partial charge in [0.25, 0.3) is 5.91 Å². The fourth-order valence-corrected chi connectivity index (χ4v) is 5.67. The first kappa shape index (κ1) is 32.3. The standard InChI is InChI=1S/C28H25Cl2F5N4O4/c1-2-43-27(42)16-3-5-19(6-4-16)39-24(28(33,34)35)20(12-37-39)26(41)38(13-15-9-17(31)11-18(32)10-15)14-22(40)23-21(29)7-8-36-25(23)30/h7-12,16,19H,2-6,13-14H2,1H3. The van der Waals surface area contributed by atoms with Crippen LogP contribution in [0.3, 0.4) is 0 Å². The van der Waals surface area contributed by atoms with Crippen molar-refractivity contribution in [2.24, 2.45) is 5.92 Å². The SMILES string of the molecule is CCOC(=O)C1CCC(n2ncc(C(=O)N(CC(=O)c3c(Cl)ccnc3Cl)Cc3cc(F)cc(F)c3)c2C(F)(F)F)CC1. The van der Waals surface area contributed by atoms with Crippen LogP contribution in [0.2, 0.25) is 10.2 Å². The number of benzene rings is 1. The Morgan fingerprint density at radius 3 is 2.30 bits per heavy atom. The van der Waals surface area contributed by atoms with Crippen LogP contribution in [0.15, 0.2) is 36.7 Å². The average molecular weight is 647 g/mol. The minimum absolute atomic E-state index is 0.114. The molecule has 2 heterocycles. The van der Waals surface area contributed by atoms with Crippen molar-refractivity contribution in [1.82, 2.24) is 19.7 Å². The fourth-order valence-electron chi connectivity index (χ4n) is 5.10. The van der Waals surface area contributed by atoms with Gasteiger partial charge in [0.1, 0.15) is 16.8 Å². The Labute approximate surface area is 252 Å². The van der Waals surface area contributed by atoms with Crippen LogP contribution in [-0.2, 0) is 22.3 Å². The van der Waals surface area contributed by atoms with E-state index < -0.39 is 71.8 Å². The van der Waals surface area contributed by atoms with Crippen LogP contribution >= 0.6 is 23.2 Å². The molecule has 1 aliphatic rings. The van der Waals surface area contributed by atoms with Gasteiger partial charge in [0.05, 0.1) is 47.5 Å². The predicted octanol–water partition coefficient (Wildman–Crippen LogP) is 6.70. The number of alkyl halides is 3. The molecule has 0 spiro atoms. The zero-order chi connectivity index (χ0) is 31.5. The van der Waals surface area contributed by atoms with Crippen LogP contribution in [0.1, 0.15) is 70.6 Å². The van der Waals surface area contributed by atoms with Crippen molar-refractivity contribution in [3.05, 3.63) is 80.9 Å². The van der Waals surface area contributed by atoms with Gasteiger partial charge in [0, 0.05) is 18.8 Å². The lowest BCUT2D eigenvalue weighted by atomic mass is 9.86. The molecule has 0 bridgehead atoms. The van der Waals surface area contributed by atoms with Gasteiger partial charge in [-0.1, -0.05) is 23.2 Å². The van der Waals surface area contributed by atoms with Crippen LogP contribution in [0.25, 0.3) is 0 Å². The van der Waals surface area contributed by atoms with E-state index in [1.165, 1.54) is 12.3 Å². The zero-order valence-corrected chi connectivity index (χ0v) is 24.1. The third kappa shape index (κ3) is 7.50. The maximum absolute atomic E-state index is 14.5. The summed E-state index contributed by atoms with van der Waals surface area (Å²) in [6.45, 7) is 0.349. The first-order valence-electron chi connectivity index (χ1n) is 13.2. The maximum Gasteiger partial charge on any atom is 0.433 e. The van der Waals surface area contributed by atoms with Crippen LogP contribution < -0.4 is 0 Å². The van der Waals surface area contributed by atoms with E-state index in [2.05, 4.69) is 10.1 Å². The zero-order valence-electron chi connectivity index (χ0n) is 22.6. The Morgan fingerprint density at radius 2 is 1.72 bits per heavy atom. The van der Waals surface area contributed by atoms with E-state index in [4.69, 9.17) is 27.9 Å². The Balaban J connectivity index is 1.69. The molecule has 4 rings (SSSR count). The normalized spacial score (nSPS) is 17.0. The molecule has 1 amide bonds. The summed E-state index contributed by atoms with van der Waals surface area (Å²) in [6.07, 6.45) is -2.20. The maximum atomic E-state index is 14.5. The molecule has 3 aromatic rings. The molecule has 15 heteroatoms. The third-order valence-electron chi connectivity index (χ3n) is 7.01. The minimum atomic E-state index is -5.05. The second-order valence-corrected chi connectivity index (χ2v) is 10.7. The Hall–Kier alpha value is -3.58. The summed E-state index contributed by atoms with van der Waals surface area (Å²) in [5, 5.41) is 3.48. The molecule has 1 aromatic carbocycles. The van der Waals surface area contributed by atoms with Gasteiger partial charge in [-0.15, -0.1) is 0 Å². The van der Waals surface area contributed by atoms with Gasteiger partial charge in [-0.3, -0.25) is 19.1 Å². The van der Waals surface area contributed by atoms with E-state index in [9.17, 15) is 36.3 Å². The van der Waals surface area contributed by atoms with Gasteiger partial charge in [-0.05, 0) is 56.4 Å². The number of rotatable bonds is 9. The second kappa shape index (κ2) is 13.4. The molecular weight excluding hydrogens is 622 g/mol. The Bertz CT molecular complexity index is 1480. The third-order valence-corrected chi connectivity index (χ3v) is 7.61. The summed E-state index contributed by atoms with van der Waals surface area (Å²) in [4.78, 5) is 43.5. The van der Waals surface area contributed by atoms with Crippen LogP contribution in [0.4, 0.5) is 22.0 Å². The number of esters is 1. The molecule has 0 N–H and O–H groups in total. The Morgan fingerprint density at radius 1 is 1.07 bits per heavy atom. The monoisotopic (exact) mass is 646 g/mol. The number of amides is 1. The first-order chi connectivity index (χ1) is 20.3. The van der Waals surface area contributed by atoms with E-state index in [1.807, 2.05) is 0 Å². The van der Waals surface area contributed by atoms with E-state index in [0.717, 1.165) is 18.3 Å². The number of ether oxygens (including phenoxy) is 1. The molecule has 1 aliphatic carbocycles. The number of ketones is 1. The van der Waals surface area contributed by atoms with Gasteiger partial charge >= 0.3 is 12.1 Å². The average Bonchev–Trinajstić information content (AvgIpc) is 3.38. The predicted molar refractivity (Wildman–Crippen MR) is 145 cm³/mol. The van der Waals surface area contributed by atoms with Crippen molar-refractivity contribution in [1.29, 1.82) is 0 Å². The van der Waals surface area contributed by atoms with Gasteiger partial charge in [0.2, 0.25) is 0 Å². The molecule has 0 aliphatic heterocycles. The number of carbonyl (C=O) groups excluding carboxylic acids is 3. The van der Waals surface area contributed by atoms with Crippen molar-refractivity contribution in [2.45, 2.75) is 51.4 Å². The molecule has 1 fully saturated rings. The number of halogens is 7. The number of aromatic nitrogens is 3. The van der Waals surface area contributed by atoms with Crippen LogP contribution in [0, 0.1) is 17.6 Å². The van der Waals surface area contributed by atoms with E-state index >= 15 is 0 Å². The highest BCUT2D eigenvalue weighted by Crippen LogP contribution is 2.39. The summed E-state index contributed by atoms with van der Waals surface area (Å²) in [5.74, 6) is -5.00. The molecule has 1 saturated carbocycles. The topological polar surface area (TPSA) is 94.4 Å². The molecule has 230 valence electrons. The number of hydrogen-bond donors (Lipinski definition) is 0. The highest BCUT2D eigenvalue weighted by Gasteiger charge is 2.43. The van der Waals surface area contributed by atoms with Crippen molar-refractivity contribution in [2.75, 3.05) is 13.2 Å². The minimum Gasteiger partial charge on any atom is -0.466 e. The lowest BCUT2D eigenvalue weighted by Gasteiger charge is -2.29. The summed E-state index contributed by atoms with van der Waals surface area (Å²) in [6, 6.07) is 2.83. The Kier molecular flexibility index (Phi) is 10.1. The van der Waals surface area contributed by atoms with E-state index in [1.54, 1.807) is 6.92 Å². The lowest BCUT2D eigenvalue weighted by Crippen LogP contribution is -2.37. The van der Waals surface area contributed by atoms with Crippen molar-refractivity contribution in [3.8, 4) is 0 Å². The molecule has 0 unspecified atom stereocenters. The summed E-state index contributed by atoms with van der Waals surface area (Å²) in [5.41, 5.74) is -2.62.